The van der Waals surface area contributed by atoms with E-state index in [0.29, 0.717) is 5.52 Å². The maximum absolute atomic E-state index is 14.1. The van der Waals surface area contributed by atoms with E-state index in [1.807, 2.05) is 13.8 Å². The molecule has 2 aromatic rings. The first kappa shape index (κ1) is 17.3. The lowest BCUT2D eigenvalue weighted by molar-refractivity contribution is -0.127. The summed E-state index contributed by atoms with van der Waals surface area (Å²) in [5, 5.41) is 19.1. The quantitative estimate of drug-likeness (QED) is 0.756. The van der Waals surface area contributed by atoms with Crippen molar-refractivity contribution >= 4 is 28.5 Å². The van der Waals surface area contributed by atoms with Crippen LogP contribution in [0.1, 0.15) is 20.3 Å². The van der Waals surface area contributed by atoms with Crippen LogP contribution < -0.4 is 10.2 Å². The first-order valence-electron chi connectivity index (χ1n) is 8.26. The van der Waals surface area contributed by atoms with Crippen LogP contribution >= 0.6 is 0 Å². The van der Waals surface area contributed by atoms with Crippen molar-refractivity contribution in [3.8, 4) is 0 Å². The topological polar surface area (TPSA) is 98.3 Å². The number of rotatable bonds is 5. The van der Waals surface area contributed by atoms with Crippen LogP contribution in [0.3, 0.4) is 0 Å². The number of nitrogens with zero attached hydrogens (tertiary/aromatic N) is 2. The molecule has 25 heavy (non-hydrogen) atoms. The summed E-state index contributed by atoms with van der Waals surface area (Å²) in [4.78, 5) is 26.1. The number of H-pyrrole nitrogens is 1. The molecule has 0 bridgehead atoms. The number of halogens is 1. The maximum atomic E-state index is 14.1. The summed E-state index contributed by atoms with van der Waals surface area (Å²) in [5.74, 6) is -1.31. The SMILES string of the molecule is CC(C)[C@@H](CO)NC(=O)[C@H]1CC(=O)N(c2n[nH]c3cccc(F)c23)C1. The van der Waals surface area contributed by atoms with Crippen molar-refractivity contribution in [1.29, 1.82) is 0 Å². The Morgan fingerprint density at radius 2 is 2.28 bits per heavy atom. The Hall–Kier alpha value is -2.48. The summed E-state index contributed by atoms with van der Waals surface area (Å²) in [7, 11) is 0. The van der Waals surface area contributed by atoms with Crippen molar-refractivity contribution in [2.24, 2.45) is 11.8 Å². The Morgan fingerprint density at radius 1 is 1.52 bits per heavy atom. The van der Waals surface area contributed by atoms with Gasteiger partial charge in [-0.15, -0.1) is 0 Å². The monoisotopic (exact) mass is 348 g/mol. The van der Waals surface area contributed by atoms with E-state index in [1.165, 1.54) is 11.0 Å². The smallest absolute Gasteiger partial charge is 0.229 e. The van der Waals surface area contributed by atoms with E-state index < -0.39 is 11.7 Å². The molecule has 1 aromatic carbocycles. The molecule has 134 valence electrons. The number of anilines is 1. The van der Waals surface area contributed by atoms with Gasteiger partial charge in [-0.3, -0.25) is 19.6 Å². The maximum Gasteiger partial charge on any atom is 0.229 e. The predicted octanol–water partition coefficient (Wildman–Crippen LogP) is 1.19. The minimum atomic E-state index is -0.557. The van der Waals surface area contributed by atoms with Crippen molar-refractivity contribution in [2.45, 2.75) is 26.3 Å². The minimum Gasteiger partial charge on any atom is -0.394 e. The first-order valence-corrected chi connectivity index (χ1v) is 8.26. The number of carbonyl (C=O) groups is 2. The average Bonchev–Trinajstić information content (AvgIpc) is 3.16. The molecule has 7 nitrogen and oxygen atoms in total. The zero-order chi connectivity index (χ0) is 18.1. The number of hydrogen-bond acceptors (Lipinski definition) is 4. The number of hydrogen-bond donors (Lipinski definition) is 3. The van der Waals surface area contributed by atoms with Crippen molar-refractivity contribution in [1.82, 2.24) is 15.5 Å². The number of aromatic amines is 1. The Balaban J connectivity index is 1.79. The highest BCUT2D eigenvalue weighted by molar-refractivity contribution is 6.05. The van der Waals surface area contributed by atoms with Gasteiger partial charge >= 0.3 is 0 Å². The fraction of sp³-hybridized carbons (Fsp3) is 0.471. The van der Waals surface area contributed by atoms with Crippen molar-refractivity contribution in [2.75, 3.05) is 18.1 Å². The molecule has 0 spiro atoms. The molecule has 2 atom stereocenters. The average molecular weight is 348 g/mol. The summed E-state index contributed by atoms with van der Waals surface area (Å²) in [6.07, 6.45) is 0.0326. The van der Waals surface area contributed by atoms with Crippen molar-refractivity contribution in [3.05, 3.63) is 24.0 Å². The van der Waals surface area contributed by atoms with Crippen LogP contribution in [0.25, 0.3) is 10.9 Å². The molecular formula is C17H21FN4O3. The second-order valence-electron chi connectivity index (χ2n) is 6.66. The van der Waals surface area contributed by atoms with Gasteiger partial charge in [-0.2, -0.15) is 5.10 Å². The molecule has 1 saturated heterocycles. The first-order chi connectivity index (χ1) is 11.9. The van der Waals surface area contributed by atoms with E-state index in [4.69, 9.17) is 0 Å². The molecule has 2 amide bonds. The zero-order valence-electron chi connectivity index (χ0n) is 14.1. The van der Waals surface area contributed by atoms with Crippen LogP contribution in [-0.4, -0.2) is 46.3 Å². The van der Waals surface area contributed by atoms with Crippen LogP contribution in [0.5, 0.6) is 0 Å². The van der Waals surface area contributed by atoms with Crippen molar-refractivity contribution in [3.63, 3.8) is 0 Å². The number of aliphatic hydroxyl groups excluding tert-OH is 1. The summed E-state index contributed by atoms with van der Waals surface area (Å²) in [5.41, 5.74) is 0.496. The standard InChI is InChI=1S/C17H21FN4O3/c1-9(2)13(8-23)19-17(25)10-6-14(24)22(7-10)16-15-11(18)4-3-5-12(15)20-21-16/h3-5,9-10,13,23H,6-8H2,1-2H3,(H,19,25)(H,20,21)/t10-,13+/m0/s1. The molecule has 1 aromatic heterocycles. The Labute approximate surface area is 144 Å². The Morgan fingerprint density at radius 3 is 2.96 bits per heavy atom. The minimum absolute atomic E-state index is 0.0326. The third-order valence-electron chi connectivity index (χ3n) is 4.60. The van der Waals surface area contributed by atoms with Crippen LogP contribution in [-0.2, 0) is 9.59 Å². The molecule has 0 aliphatic carbocycles. The lowest BCUT2D eigenvalue weighted by atomic mass is 10.0. The van der Waals surface area contributed by atoms with Gasteiger partial charge in [0.1, 0.15) is 5.82 Å². The molecular weight excluding hydrogens is 327 g/mol. The molecule has 0 radical (unpaired) electrons. The largest absolute Gasteiger partial charge is 0.394 e. The Bertz CT molecular complexity index is 804. The molecule has 0 saturated carbocycles. The summed E-state index contributed by atoms with van der Waals surface area (Å²) in [6.45, 7) is 3.76. The fourth-order valence-corrected chi connectivity index (χ4v) is 3.02. The van der Waals surface area contributed by atoms with Crippen LogP contribution in [0.2, 0.25) is 0 Å². The molecule has 1 fully saturated rings. The second-order valence-corrected chi connectivity index (χ2v) is 6.66. The highest BCUT2D eigenvalue weighted by Crippen LogP contribution is 2.31. The second kappa shape index (κ2) is 6.79. The summed E-state index contributed by atoms with van der Waals surface area (Å²) in [6, 6.07) is 4.18. The van der Waals surface area contributed by atoms with E-state index in [9.17, 15) is 19.1 Å². The summed E-state index contributed by atoms with van der Waals surface area (Å²) < 4.78 is 14.1. The van der Waals surface area contributed by atoms with Gasteiger partial charge in [0.2, 0.25) is 11.8 Å². The van der Waals surface area contributed by atoms with E-state index in [-0.39, 0.29) is 54.6 Å². The van der Waals surface area contributed by atoms with Crippen LogP contribution in [0.4, 0.5) is 10.2 Å². The number of benzene rings is 1. The number of aromatic nitrogens is 2. The lowest BCUT2D eigenvalue weighted by Gasteiger charge is -2.22. The van der Waals surface area contributed by atoms with Gasteiger partial charge < -0.3 is 10.4 Å². The number of aliphatic hydroxyl groups is 1. The fourth-order valence-electron chi connectivity index (χ4n) is 3.02. The molecule has 3 N–H and O–H groups in total. The molecule has 1 aliphatic heterocycles. The summed E-state index contributed by atoms with van der Waals surface area (Å²) >= 11 is 0. The lowest BCUT2D eigenvalue weighted by Crippen LogP contribution is -2.44. The number of amides is 2. The zero-order valence-corrected chi connectivity index (χ0v) is 14.1. The third-order valence-corrected chi connectivity index (χ3v) is 4.60. The highest BCUT2D eigenvalue weighted by Gasteiger charge is 2.38. The molecule has 2 heterocycles. The van der Waals surface area contributed by atoms with Gasteiger partial charge in [-0.05, 0) is 18.1 Å². The van der Waals surface area contributed by atoms with Crippen LogP contribution in [0.15, 0.2) is 18.2 Å². The van der Waals surface area contributed by atoms with Gasteiger partial charge in [0.05, 0.1) is 29.5 Å². The van der Waals surface area contributed by atoms with Gasteiger partial charge in [0, 0.05) is 13.0 Å². The van der Waals surface area contributed by atoms with E-state index in [0.717, 1.165) is 0 Å². The van der Waals surface area contributed by atoms with Crippen molar-refractivity contribution < 1.29 is 19.1 Å². The number of fused-ring (bicyclic) bond motifs is 1. The number of nitrogens with one attached hydrogen (secondary N) is 2. The van der Waals surface area contributed by atoms with Gasteiger partial charge in [-0.1, -0.05) is 19.9 Å². The van der Waals surface area contributed by atoms with Crippen LogP contribution in [0, 0.1) is 17.7 Å². The highest BCUT2D eigenvalue weighted by atomic mass is 19.1. The molecule has 8 heteroatoms. The molecule has 1 aliphatic rings. The van der Waals surface area contributed by atoms with E-state index in [1.54, 1.807) is 12.1 Å². The van der Waals surface area contributed by atoms with E-state index >= 15 is 0 Å². The van der Waals surface area contributed by atoms with Gasteiger partial charge in [-0.25, -0.2) is 4.39 Å². The Kier molecular flexibility index (Phi) is 4.71. The third kappa shape index (κ3) is 3.21. The van der Waals surface area contributed by atoms with Gasteiger partial charge in [0.15, 0.2) is 5.82 Å². The predicted molar refractivity (Wildman–Crippen MR) is 90.4 cm³/mol. The number of carbonyl (C=O) groups excluding carboxylic acids is 2. The molecule has 3 rings (SSSR count). The molecule has 0 unspecified atom stereocenters. The normalized spacial score (nSPS) is 19.0. The van der Waals surface area contributed by atoms with E-state index in [2.05, 4.69) is 15.5 Å². The van der Waals surface area contributed by atoms with Gasteiger partial charge in [0.25, 0.3) is 0 Å².